The van der Waals surface area contributed by atoms with Gasteiger partial charge in [0.05, 0.1) is 119 Å². The summed E-state index contributed by atoms with van der Waals surface area (Å²) in [6.07, 6.45) is 0.0499. The Hall–Kier alpha value is -3.44. The zero-order valence-corrected chi connectivity index (χ0v) is 34.9. The Bertz CT molecular complexity index is 1030. The van der Waals surface area contributed by atoms with Crippen LogP contribution >= 0.6 is 0 Å². The molecule has 0 rings (SSSR count). The summed E-state index contributed by atoms with van der Waals surface area (Å²) in [6.45, 7) is 17.0. The number of carbonyl (C=O) groups excluding carboxylic acids is 4. The second-order valence-corrected chi connectivity index (χ2v) is 12.9. The number of nitrogens with one attached hydrogen (secondary N) is 2. The summed E-state index contributed by atoms with van der Waals surface area (Å²) in [5.41, 5.74) is -0.328. The molecule has 0 aromatic carbocycles. The summed E-state index contributed by atoms with van der Waals surface area (Å²) in [6, 6.07) is 0. The van der Waals surface area contributed by atoms with E-state index in [0.29, 0.717) is 26.2 Å². The van der Waals surface area contributed by atoms with E-state index in [4.69, 9.17) is 67.8 Å². The molecular weight excluding hydrogens is 772 g/mol. The maximum Gasteiger partial charge on any atom is 0.407 e. The van der Waals surface area contributed by atoms with Crippen molar-refractivity contribution in [2.24, 2.45) is 10.8 Å². The maximum absolute atomic E-state index is 11.7. The third-order valence-electron chi connectivity index (χ3n) is 7.72. The van der Waals surface area contributed by atoms with Gasteiger partial charge in [0.1, 0.15) is 26.4 Å². The molecule has 0 radical (unpaired) electrons. The van der Waals surface area contributed by atoms with Crippen molar-refractivity contribution in [1.82, 2.24) is 10.6 Å². The number of alkyl carbamates (subject to hydrolysis) is 2. The second-order valence-electron chi connectivity index (χ2n) is 12.9. The van der Waals surface area contributed by atoms with Gasteiger partial charge in [0.25, 0.3) is 0 Å². The SMILES string of the molecule is C=C(C)C(=O)OCCNC(=O)OCCOCC(CC)(COCCO)COCCOC(=O)NCCOC(=O)C(=C)C.CCC(COCCO)(COCCO)COCCO. The fraction of sp³-hybridized carbons (Fsp3) is 0.789. The number of aliphatic hydroxyl groups excluding tert-OH is 4. The molecule has 0 aliphatic carbocycles. The first-order valence-electron chi connectivity index (χ1n) is 19.2. The highest BCUT2D eigenvalue weighted by Gasteiger charge is 2.31. The molecule has 0 fully saturated rings. The number of carbonyl (C=O) groups is 4. The highest BCUT2D eigenvalue weighted by molar-refractivity contribution is 5.87. The van der Waals surface area contributed by atoms with Crippen molar-refractivity contribution in [1.29, 1.82) is 0 Å². The number of ether oxygens (including phenoxy) is 10. The van der Waals surface area contributed by atoms with Gasteiger partial charge >= 0.3 is 24.1 Å². The van der Waals surface area contributed by atoms with Gasteiger partial charge in [-0.15, -0.1) is 0 Å². The molecule has 0 heterocycles. The number of amides is 2. The average Bonchev–Trinajstić information content (AvgIpc) is 3.20. The summed E-state index contributed by atoms with van der Waals surface area (Å²) in [5, 5.41) is 40.1. The molecule has 0 aliphatic heterocycles. The van der Waals surface area contributed by atoms with E-state index in [-0.39, 0.29) is 142 Å². The maximum atomic E-state index is 11.7. The number of hydrogen-bond donors (Lipinski definition) is 6. The Labute approximate surface area is 342 Å². The van der Waals surface area contributed by atoms with E-state index in [2.05, 4.69) is 23.8 Å². The first-order valence-corrected chi connectivity index (χ1v) is 19.2. The predicted molar refractivity (Wildman–Crippen MR) is 209 cm³/mol. The minimum Gasteiger partial charge on any atom is -0.460 e. The lowest BCUT2D eigenvalue weighted by atomic mass is 9.88. The van der Waals surface area contributed by atoms with Crippen LogP contribution in [0.25, 0.3) is 0 Å². The van der Waals surface area contributed by atoms with Crippen LogP contribution < -0.4 is 10.6 Å². The van der Waals surface area contributed by atoms with Crippen LogP contribution in [-0.2, 0) is 57.0 Å². The van der Waals surface area contributed by atoms with Crippen LogP contribution in [-0.4, -0.2) is 190 Å². The van der Waals surface area contributed by atoms with Crippen molar-refractivity contribution < 1.29 is 87.0 Å². The van der Waals surface area contributed by atoms with Crippen LogP contribution in [0.2, 0.25) is 0 Å². The first-order chi connectivity index (χ1) is 27.8. The van der Waals surface area contributed by atoms with Gasteiger partial charge in [-0.1, -0.05) is 27.0 Å². The van der Waals surface area contributed by atoms with Crippen LogP contribution in [0.15, 0.2) is 24.3 Å². The number of hydrogen-bond acceptors (Lipinski definition) is 18. The van der Waals surface area contributed by atoms with Gasteiger partial charge < -0.3 is 78.4 Å². The van der Waals surface area contributed by atoms with Crippen molar-refractivity contribution >= 4 is 24.1 Å². The van der Waals surface area contributed by atoms with Crippen molar-refractivity contribution in [2.45, 2.75) is 40.5 Å². The molecule has 20 heteroatoms. The Balaban J connectivity index is 0. The molecule has 0 aromatic heterocycles. The third kappa shape index (κ3) is 31.5. The lowest BCUT2D eigenvalue weighted by Gasteiger charge is -2.32. The van der Waals surface area contributed by atoms with Gasteiger partial charge in [0, 0.05) is 22.0 Å². The molecule has 0 bridgehead atoms. The fourth-order valence-corrected chi connectivity index (χ4v) is 4.18. The van der Waals surface area contributed by atoms with Gasteiger partial charge in [-0.25, -0.2) is 19.2 Å². The summed E-state index contributed by atoms with van der Waals surface area (Å²) >= 11 is 0. The quantitative estimate of drug-likeness (QED) is 0.0217. The molecule has 58 heavy (non-hydrogen) atoms. The van der Waals surface area contributed by atoms with Crippen molar-refractivity contribution in [2.75, 3.05) is 145 Å². The molecule has 6 N–H and O–H groups in total. The molecule has 340 valence electrons. The monoisotopic (exact) mass is 842 g/mol. The van der Waals surface area contributed by atoms with Gasteiger partial charge in [-0.05, 0) is 26.7 Å². The third-order valence-corrected chi connectivity index (χ3v) is 7.72. The van der Waals surface area contributed by atoms with E-state index in [1.54, 1.807) is 0 Å². The highest BCUT2D eigenvalue weighted by Crippen LogP contribution is 2.25. The van der Waals surface area contributed by atoms with Crippen LogP contribution in [0.1, 0.15) is 40.5 Å². The lowest BCUT2D eigenvalue weighted by molar-refractivity contribution is -0.139. The summed E-state index contributed by atoms with van der Waals surface area (Å²) in [7, 11) is 0. The van der Waals surface area contributed by atoms with Gasteiger partial charge in [0.2, 0.25) is 0 Å². The molecule has 0 saturated heterocycles. The standard InChI is InChI=1S/C26H44N2O12.C12H26O6/c1-6-26(17-34-12-9-29,18-35-13-15-39-24(32)27-7-10-37-22(30)20(2)3)19-36-14-16-40-25(33)28-8-11-38-23(31)21(4)5;1-2-12(9-16-6-3-13,10-17-7-4-14)11-18-8-5-15/h29H,2,4,6-19H2,1,3,5H3,(H,27,32)(H,28,33);13-15H,2-11H2,1H3. The van der Waals surface area contributed by atoms with Crippen LogP contribution in [0, 0.1) is 10.8 Å². The normalized spacial score (nSPS) is 11.2. The molecular formula is C38H70N2O18. The lowest BCUT2D eigenvalue weighted by Crippen LogP contribution is -2.38. The van der Waals surface area contributed by atoms with E-state index < -0.39 is 29.5 Å². The summed E-state index contributed by atoms with van der Waals surface area (Å²) in [4.78, 5) is 46.0. The Kier molecular flexibility index (Phi) is 36.9. The van der Waals surface area contributed by atoms with E-state index in [0.717, 1.165) is 6.42 Å². The van der Waals surface area contributed by atoms with Gasteiger partial charge in [-0.3, -0.25) is 0 Å². The van der Waals surface area contributed by atoms with Crippen molar-refractivity contribution in [3.63, 3.8) is 0 Å². The second kappa shape index (κ2) is 37.8. The largest absolute Gasteiger partial charge is 0.460 e. The zero-order valence-electron chi connectivity index (χ0n) is 34.9. The summed E-state index contributed by atoms with van der Waals surface area (Å²) < 4.78 is 52.8. The minimum atomic E-state index is -0.678. The Morgan fingerprint density at radius 2 is 0.724 bits per heavy atom. The fourth-order valence-electron chi connectivity index (χ4n) is 4.18. The van der Waals surface area contributed by atoms with Crippen LogP contribution in [0.5, 0.6) is 0 Å². The van der Waals surface area contributed by atoms with Crippen LogP contribution in [0.4, 0.5) is 9.59 Å². The zero-order chi connectivity index (χ0) is 43.9. The Morgan fingerprint density at radius 3 is 0.966 bits per heavy atom. The molecule has 20 nitrogen and oxygen atoms in total. The van der Waals surface area contributed by atoms with Crippen molar-refractivity contribution in [3.05, 3.63) is 24.3 Å². The molecule has 0 spiro atoms. The minimum absolute atomic E-state index is 0.00711. The Morgan fingerprint density at radius 1 is 0.448 bits per heavy atom. The number of rotatable bonds is 36. The van der Waals surface area contributed by atoms with E-state index in [1.165, 1.54) is 13.8 Å². The number of aliphatic hydroxyl groups is 4. The molecule has 2 amide bonds. The average molecular weight is 843 g/mol. The van der Waals surface area contributed by atoms with Gasteiger partial charge in [-0.2, -0.15) is 0 Å². The predicted octanol–water partition coefficient (Wildman–Crippen LogP) is 0.525. The topological polar surface area (TPSA) is 266 Å². The number of esters is 2. The van der Waals surface area contributed by atoms with Crippen LogP contribution in [0.3, 0.4) is 0 Å². The van der Waals surface area contributed by atoms with Crippen molar-refractivity contribution in [3.8, 4) is 0 Å². The van der Waals surface area contributed by atoms with E-state index in [9.17, 15) is 19.2 Å². The van der Waals surface area contributed by atoms with E-state index in [1.807, 2.05) is 13.8 Å². The molecule has 0 unspecified atom stereocenters. The molecule has 0 aliphatic rings. The summed E-state index contributed by atoms with van der Waals surface area (Å²) in [5.74, 6) is -1.08. The smallest absolute Gasteiger partial charge is 0.407 e. The molecule has 0 aromatic rings. The molecule has 0 atom stereocenters. The highest BCUT2D eigenvalue weighted by atomic mass is 16.6. The molecule has 0 saturated carbocycles. The van der Waals surface area contributed by atoms with Gasteiger partial charge in [0.15, 0.2) is 0 Å². The first kappa shape index (κ1) is 56.7. The van der Waals surface area contributed by atoms with E-state index >= 15 is 0 Å².